The molecule has 0 spiro atoms. The van der Waals surface area contributed by atoms with Crippen LogP contribution in [0.1, 0.15) is 54.4 Å². The Kier molecular flexibility index (Phi) is 12.4. The van der Waals surface area contributed by atoms with Crippen molar-refractivity contribution in [1.29, 1.82) is 0 Å². The van der Waals surface area contributed by atoms with Crippen molar-refractivity contribution in [3.63, 3.8) is 0 Å². The molecule has 19 heteroatoms. The highest BCUT2D eigenvalue weighted by atomic mass is 35.5. The SMILES string of the molecule is CC[C@@H]1C(=O)N(C)c2cnc(-n3ccnc3-c3cncnc3)nc2N1C(C)C.CC[C@@H]1C(=O)N(C)c2cnc(Cl)nc2N1C(C)C.c1ncc(-c2ncc[nH]2)cn1. The van der Waals surface area contributed by atoms with Crippen molar-refractivity contribution in [2.24, 2.45) is 0 Å². The van der Waals surface area contributed by atoms with E-state index in [1.165, 1.54) is 12.7 Å². The normalized spacial score (nSPS) is 16.2. The lowest BCUT2D eigenvalue weighted by atomic mass is 10.1. The summed E-state index contributed by atoms with van der Waals surface area (Å²) in [5.74, 6) is 3.55. The van der Waals surface area contributed by atoms with Gasteiger partial charge in [-0.15, -0.1) is 0 Å². The zero-order chi connectivity index (χ0) is 40.8. The molecule has 8 heterocycles. The molecule has 0 bridgehead atoms. The molecule has 0 saturated carbocycles. The summed E-state index contributed by atoms with van der Waals surface area (Å²) in [4.78, 5) is 77.3. The van der Waals surface area contributed by atoms with E-state index in [9.17, 15) is 9.59 Å². The Morgan fingerprint density at radius 2 is 1.21 bits per heavy atom. The minimum absolute atomic E-state index is 0.0600. The highest BCUT2D eigenvalue weighted by Crippen LogP contribution is 2.37. The van der Waals surface area contributed by atoms with Gasteiger partial charge in [0.1, 0.15) is 47.8 Å². The lowest BCUT2D eigenvalue weighted by Crippen LogP contribution is -2.55. The number of H-pyrrole nitrogens is 1. The second-order valence-electron chi connectivity index (χ2n) is 13.7. The smallest absolute Gasteiger partial charge is 0.249 e. The molecule has 8 rings (SSSR count). The molecule has 0 radical (unpaired) electrons. The molecule has 2 aliphatic rings. The number of halogens is 1. The predicted octanol–water partition coefficient (Wildman–Crippen LogP) is 5.06. The quantitative estimate of drug-likeness (QED) is 0.211. The second-order valence-corrected chi connectivity index (χ2v) is 14.0. The van der Waals surface area contributed by atoms with Crippen LogP contribution in [0.25, 0.3) is 28.7 Å². The van der Waals surface area contributed by atoms with Crippen molar-refractivity contribution in [1.82, 2.24) is 59.4 Å². The molecular formula is C38H45ClN16O2. The van der Waals surface area contributed by atoms with Gasteiger partial charge in [0.2, 0.25) is 23.0 Å². The van der Waals surface area contributed by atoms with Crippen molar-refractivity contribution in [2.45, 2.75) is 78.6 Å². The van der Waals surface area contributed by atoms with Gasteiger partial charge in [0.25, 0.3) is 0 Å². The van der Waals surface area contributed by atoms with E-state index in [1.807, 2.05) is 32.6 Å². The van der Waals surface area contributed by atoms with Crippen LogP contribution in [-0.2, 0) is 9.59 Å². The Morgan fingerprint density at radius 3 is 1.72 bits per heavy atom. The Labute approximate surface area is 335 Å². The van der Waals surface area contributed by atoms with Crippen molar-refractivity contribution >= 4 is 46.4 Å². The van der Waals surface area contributed by atoms with Gasteiger partial charge in [-0.05, 0) is 52.1 Å². The van der Waals surface area contributed by atoms with E-state index < -0.39 is 0 Å². The first kappa shape index (κ1) is 40.2. The summed E-state index contributed by atoms with van der Waals surface area (Å²) >= 11 is 5.87. The van der Waals surface area contributed by atoms with Gasteiger partial charge in [0.15, 0.2) is 11.6 Å². The van der Waals surface area contributed by atoms with Crippen LogP contribution < -0.4 is 19.6 Å². The first-order valence-electron chi connectivity index (χ1n) is 18.5. The van der Waals surface area contributed by atoms with E-state index in [1.54, 1.807) is 90.4 Å². The number of carbonyl (C=O) groups is 2. The number of nitrogens with one attached hydrogen (secondary N) is 1. The summed E-state index contributed by atoms with van der Waals surface area (Å²) < 4.78 is 1.80. The number of carbonyl (C=O) groups excluding carboxylic acids is 2. The van der Waals surface area contributed by atoms with Gasteiger partial charge in [-0.1, -0.05) is 13.8 Å². The molecule has 6 aromatic rings. The number of hydrogen-bond donors (Lipinski definition) is 1. The molecule has 2 amide bonds. The topological polar surface area (TPSA) is 197 Å². The highest BCUT2D eigenvalue weighted by molar-refractivity contribution is 6.28. The van der Waals surface area contributed by atoms with Gasteiger partial charge < -0.3 is 24.6 Å². The maximum atomic E-state index is 12.8. The monoisotopic (exact) mass is 792 g/mol. The third-order valence-electron chi connectivity index (χ3n) is 9.47. The van der Waals surface area contributed by atoms with E-state index in [2.05, 4.69) is 68.6 Å². The van der Waals surface area contributed by atoms with Crippen molar-refractivity contribution in [3.05, 3.63) is 79.9 Å². The first-order chi connectivity index (χ1) is 27.5. The molecule has 57 heavy (non-hydrogen) atoms. The van der Waals surface area contributed by atoms with Crippen LogP contribution >= 0.6 is 11.6 Å². The Morgan fingerprint density at radius 1 is 0.684 bits per heavy atom. The minimum atomic E-state index is -0.245. The molecule has 18 nitrogen and oxygen atoms in total. The summed E-state index contributed by atoms with van der Waals surface area (Å²) in [5, 5.41) is 0.206. The van der Waals surface area contributed by atoms with Gasteiger partial charge in [-0.3, -0.25) is 14.2 Å². The number of aromatic nitrogens is 12. The first-order valence-corrected chi connectivity index (χ1v) is 18.9. The number of amides is 2. The van der Waals surface area contributed by atoms with Gasteiger partial charge >= 0.3 is 0 Å². The number of imidazole rings is 2. The van der Waals surface area contributed by atoms with E-state index in [0.29, 0.717) is 29.6 Å². The molecule has 6 aromatic heterocycles. The van der Waals surface area contributed by atoms with Crippen LogP contribution in [0.4, 0.5) is 23.0 Å². The van der Waals surface area contributed by atoms with Gasteiger partial charge in [0, 0.05) is 75.8 Å². The third-order valence-corrected chi connectivity index (χ3v) is 9.65. The predicted molar refractivity (Wildman–Crippen MR) is 217 cm³/mol. The van der Waals surface area contributed by atoms with Crippen molar-refractivity contribution in [3.8, 4) is 28.7 Å². The molecule has 0 saturated heterocycles. The average molecular weight is 793 g/mol. The fourth-order valence-electron chi connectivity index (χ4n) is 6.78. The number of fused-ring (bicyclic) bond motifs is 2. The maximum Gasteiger partial charge on any atom is 0.249 e. The van der Waals surface area contributed by atoms with E-state index in [0.717, 1.165) is 35.0 Å². The largest absolute Gasteiger partial charge is 0.345 e. The molecule has 0 fully saturated rings. The summed E-state index contributed by atoms with van der Waals surface area (Å²) in [5.41, 5.74) is 3.09. The van der Waals surface area contributed by atoms with Crippen LogP contribution in [0.5, 0.6) is 0 Å². The third kappa shape index (κ3) is 8.25. The van der Waals surface area contributed by atoms with E-state index in [-0.39, 0.29) is 41.3 Å². The second kappa shape index (κ2) is 17.6. The molecule has 2 aliphatic heterocycles. The van der Waals surface area contributed by atoms with Crippen LogP contribution in [-0.4, -0.2) is 109 Å². The lowest BCUT2D eigenvalue weighted by Gasteiger charge is -2.42. The number of hydrogen-bond acceptors (Lipinski definition) is 14. The Bertz CT molecular complexity index is 2270. The van der Waals surface area contributed by atoms with Crippen LogP contribution in [0, 0.1) is 0 Å². The Hall–Kier alpha value is -6.43. The summed E-state index contributed by atoms with van der Waals surface area (Å²) in [6.45, 7) is 12.2. The Balaban J connectivity index is 0.000000161. The van der Waals surface area contributed by atoms with E-state index in [4.69, 9.17) is 16.6 Å². The van der Waals surface area contributed by atoms with Crippen LogP contribution in [0.15, 0.2) is 74.6 Å². The standard InChI is InChI=1S/C19H22N8O.C12H17ClN4O.C7H6N4/c1-5-14-18(28)25(4)15-10-23-19(24-17(15)27(14)12(2)3)26-7-6-22-16(26)13-8-20-11-21-9-13;1-5-8-11(18)16(4)9-6-14-12(13)15-10(9)17(8)7(2)3;1-2-11-7(10-1)6-3-8-5-9-4-6/h6-12,14H,5H2,1-4H3;6-8H,5H2,1-4H3;1-5H,(H,10,11)/t14-;8-;/m11./s1. The average Bonchev–Trinajstić information content (AvgIpc) is 3.95. The number of aromatic amines is 1. The summed E-state index contributed by atoms with van der Waals surface area (Å²) in [6.07, 6.45) is 21.5. The lowest BCUT2D eigenvalue weighted by molar-refractivity contribution is -0.120. The van der Waals surface area contributed by atoms with E-state index >= 15 is 0 Å². The molecule has 2 atom stereocenters. The van der Waals surface area contributed by atoms with Crippen molar-refractivity contribution in [2.75, 3.05) is 33.7 Å². The molecule has 0 unspecified atom stereocenters. The fraction of sp³-hybridized carbons (Fsp3) is 0.368. The number of rotatable bonds is 7. The van der Waals surface area contributed by atoms with Gasteiger partial charge in [0.05, 0.1) is 23.5 Å². The minimum Gasteiger partial charge on any atom is -0.345 e. The number of nitrogens with zero attached hydrogens (tertiary/aromatic N) is 15. The maximum absolute atomic E-state index is 12.8. The number of anilines is 4. The van der Waals surface area contributed by atoms with Crippen molar-refractivity contribution < 1.29 is 9.59 Å². The summed E-state index contributed by atoms with van der Waals surface area (Å²) in [6, 6.07) is -0.135. The van der Waals surface area contributed by atoms with Crippen LogP contribution in [0.2, 0.25) is 5.28 Å². The molecular weight excluding hydrogens is 748 g/mol. The zero-order valence-corrected chi connectivity index (χ0v) is 33.8. The molecule has 296 valence electrons. The fourth-order valence-corrected chi connectivity index (χ4v) is 6.91. The van der Waals surface area contributed by atoms with Gasteiger partial charge in [-0.25, -0.2) is 39.9 Å². The van der Waals surface area contributed by atoms with Gasteiger partial charge in [-0.2, -0.15) is 9.97 Å². The van der Waals surface area contributed by atoms with Crippen LogP contribution in [0.3, 0.4) is 0 Å². The molecule has 0 aromatic carbocycles. The molecule has 1 N–H and O–H groups in total. The molecule has 0 aliphatic carbocycles. The summed E-state index contributed by atoms with van der Waals surface area (Å²) in [7, 11) is 3.52. The number of likely N-dealkylation sites (N-methyl/N-ethyl adjacent to an activating group) is 2. The zero-order valence-electron chi connectivity index (χ0n) is 33.1. The highest BCUT2D eigenvalue weighted by Gasteiger charge is 2.39.